The van der Waals surface area contributed by atoms with E-state index < -0.39 is 0 Å². The zero-order valence-electron chi connectivity index (χ0n) is 11.3. The summed E-state index contributed by atoms with van der Waals surface area (Å²) in [6.07, 6.45) is 8.58. The number of benzene rings is 1. The molecule has 1 saturated heterocycles. The van der Waals surface area contributed by atoms with Crippen LogP contribution in [-0.2, 0) is 0 Å². The molecule has 1 atom stereocenters. The average molecular weight is 244 g/mol. The SMILES string of the molecule is CNCC1CCCCN1C/C=C/c1ccccc1. The number of likely N-dealkylation sites (N-methyl/N-ethyl adjacent to an activating group) is 1. The van der Waals surface area contributed by atoms with Crippen LogP contribution in [0.15, 0.2) is 36.4 Å². The van der Waals surface area contributed by atoms with Crippen LogP contribution in [0.25, 0.3) is 6.08 Å². The van der Waals surface area contributed by atoms with Crippen LogP contribution in [0.1, 0.15) is 24.8 Å². The zero-order valence-corrected chi connectivity index (χ0v) is 11.3. The molecular formula is C16H24N2. The van der Waals surface area contributed by atoms with E-state index in [0.717, 1.165) is 13.1 Å². The van der Waals surface area contributed by atoms with E-state index >= 15 is 0 Å². The summed E-state index contributed by atoms with van der Waals surface area (Å²) < 4.78 is 0. The Morgan fingerprint density at radius 3 is 2.89 bits per heavy atom. The molecule has 2 heteroatoms. The highest BCUT2D eigenvalue weighted by Gasteiger charge is 2.19. The average Bonchev–Trinajstić information content (AvgIpc) is 2.42. The predicted octanol–water partition coefficient (Wildman–Crippen LogP) is 2.77. The van der Waals surface area contributed by atoms with E-state index in [4.69, 9.17) is 0 Å². The minimum atomic E-state index is 0.712. The van der Waals surface area contributed by atoms with Crippen molar-refractivity contribution < 1.29 is 0 Å². The maximum atomic E-state index is 3.31. The Morgan fingerprint density at radius 2 is 2.11 bits per heavy atom. The topological polar surface area (TPSA) is 15.3 Å². The third-order valence-electron chi connectivity index (χ3n) is 3.64. The molecule has 1 aromatic rings. The van der Waals surface area contributed by atoms with Crippen LogP contribution in [0.2, 0.25) is 0 Å². The van der Waals surface area contributed by atoms with Gasteiger partial charge in [0.05, 0.1) is 0 Å². The summed E-state index contributed by atoms with van der Waals surface area (Å²) in [7, 11) is 2.05. The van der Waals surface area contributed by atoms with Crippen molar-refractivity contribution in [3.8, 4) is 0 Å². The summed E-state index contributed by atoms with van der Waals surface area (Å²) in [5.41, 5.74) is 1.29. The third kappa shape index (κ3) is 3.97. The Labute approximate surface area is 111 Å². The molecule has 1 aliphatic rings. The highest BCUT2D eigenvalue weighted by molar-refractivity contribution is 5.48. The van der Waals surface area contributed by atoms with Gasteiger partial charge in [-0.2, -0.15) is 0 Å². The molecule has 1 aliphatic heterocycles. The summed E-state index contributed by atoms with van der Waals surface area (Å²) in [5.74, 6) is 0. The Kier molecular flexibility index (Phi) is 5.43. The summed E-state index contributed by atoms with van der Waals surface area (Å²) in [5, 5.41) is 3.31. The summed E-state index contributed by atoms with van der Waals surface area (Å²) >= 11 is 0. The normalized spacial score (nSPS) is 21.5. The Balaban J connectivity index is 1.86. The molecule has 1 fully saturated rings. The third-order valence-corrected chi connectivity index (χ3v) is 3.64. The molecule has 0 aliphatic carbocycles. The van der Waals surface area contributed by atoms with Gasteiger partial charge in [-0.25, -0.2) is 0 Å². The highest BCUT2D eigenvalue weighted by Crippen LogP contribution is 2.16. The molecule has 1 heterocycles. The minimum absolute atomic E-state index is 0.712. The van der Waals surface area contributed by atoms with Gasteiger partial charge in [0.25, 0.3) is 0 Å². The van der Waals surface area contributed by atoms with Gasteiger partial charge in [0.15, 0.2) is 0 Å². The second-order valence-electron chi connectivity index (χ2n) is 5.02. The minimum Gasteiger partial charge on any atom is -0.318 e. The van der Waals surface area contributed by atoms with E-state index in [0.29, 0.717) is 6.04 Å². The highest BCUT2D eigenvalue weighted by atomic mass is 15.2. The van der Waals surface area contributed by atoms with Crippen molar-refractivity contribution >= 4 is 6.08 Å². The monoisotopic (exact) mass is 244 g/mol. The standard InChI is InChI=1S/C16H24N2/c1-17-14-16-11-5-6-12-18(16)13-7-10-15-8-3-2-4-9-15/h2-4,7-10,16-17H,5-6,11-14H2,1H3/b10-7+. The second kappa shape index (κ2) is 7.34. The molecule has 98 valence electrons. The van der Waals surface area contributed by atoms with E-state index in [2.05, 4.69) is 52.7 Å². The first-order valence-corrected chi connectivity index (χ1v) is 7.00. The van der Waals surface area contributed by atoms with E-state index in [1.165, 1.54) is 31.4 Å². The lowest BCUT2D eigenvalue weighted by molar-refractivity contribution is 0.164. The van der Waals surface area contributed by atoms with E-state index in [-0.39, 0.29) is 0 Å². The lowest BCUT2D eigenvalue weighted by Gasteiger charge is -2.34. The van der Waals surface area contributed by atoms with Crippen LogP contribution in [0.3, 0.4) is 0 Å². The van der Waals surface area contributed by atoms with Crippen LogP contribution in [0.5, 0.6) is 0 Å². The van der Waals surface area contributed by atoms with Crippen molar-refractivity contribution in [1.82, 2.24) is 10.2 Å². The first kappa shape index (κ1) is 13.3. The fraction of sp³-hybridized carbons (Fsp3) is 0.500. The molecule has 1 unspecified atom stereocenters. The maximum Gasteiger partial charge on any atom is 0.0223 e. The van der Waals surface area contributed by atoms with Gasteiger partial charge in [0, 0.05) is 19.1 Å². The van der Waals surface area contributed by atoms with Gasteiger partial charge in [-0.3, -0.25) is 4.90 Å². The molecule has 0 aromatic heterocycles. The van der Waals surface area contributed by atoms with Crippen molar-refractivity contribution in [3.63, 3.8) is 0 Å². The zero-order chi connectivity index (χ0) is 12.6. The van der Waals surface area contributed by atoms with Crippen LogP contribution < -0.4 is 5.32 Å². The Hall–Kier alpha value is -1.12. The van der Waals surface area contributed by atoms with Gasteiger partial charge < -0.3 is 5.32 Å². The van der Waals surface area contributed by atoms with E-state index in [1.54, 1.807) is 0 Å². The van der Waals surface area contributed by atoms with Gasteiger partial charge in [0.1, 0.15) is 0 Å². The molecule has 2 nitrogen and oxygen atoms in total. The number of nitrogens with zero attached hydrogens (tertiary/aromatic N) is 1. The summed E-state index contributed by atoms with van der Waals surface area (Å²) in [6, 6.07) is 11.2. The fourth-order valence-electron chi connectivity index (χ4n) is 2.66. The molecule has 0 amide bonds. The molecule has 1 aromatic carbocycles. The lowest BCUT2D eigenvalue weighted by atomic mass is 10.0. The van der Waals surface area contributed by atoms with Crippen LogP contribution in [-0.4, -0.2) is 37.6 Å². The quantitative estimate of drug-likeness (QED) is 0.857. The number of piperidine rings is 1. The molecule has 0 spiro atoms. The van der Waals surface area contributed by atoms with Crippen molar-refractivity contribution in [2.24, 2.45) is 0 Å². The predicted molar refractivity (Wildman–Crippen MR) is 78.6 cm³/mol. The summed E-state index contributed by atoms with van der Waals surface area (Å²) in [4.78, 5) is 2.60. The van der Waals surface area contributed by atoms with E-state index in [1.807, 2.05) is 7.05 Å². The summed E-state index contributed by atoms with van der Waals surface area (Å²) in [6.45, 7) is 3.42. The molecule has 0 saturated carbocycles. The number of likely N-dealkylation sites (tertiary alicyclic amines) is 1. The molecular weight excluding hydrogens is 220 g/mol. The Morgan fingerprint density at radius 1 is 1.28 bits per heavy atom. The number of hydrogen-bond acceptors (Lipinski definition) is 2. The second-order valence-corrected chi connectivity index (χ2v) is 5.02. The molecule has 2 rings (SSSR count). The number of hydrogen-bond donors (Lipinski definition) is 1. The first-order valence-electron chi connectivity index (χ1n) is 7.00. The lowest BCUT2D eigenvalue weighted by Crippen LogP contribution is -2.44. The van der Waals surface area contributed by atoms with Gasteiger partial charge >= 0.3 is 0 Å². The number of rotatable bonds is 5. The smallest absolute Gasteiger partial charge is 0.0223 e. The van der Waals surface area contributed by atoms with E-state index in [9.17, 15) is 0 Å². The van der Waals surface area contributed by atoms with Crippen LogP contribution in [0.4, 0.5) is 0 Å². The Bertz CT molecular complexity index is 357. The van der Waals surface area contributed by atoms with Crippen molar-refractivity contribution in [2.45, 2.75) is 25.3 Å². The van der Waals surface area contributed by atoms with Crippen molar-refractivity contribution in [2.75, 3.05) is 26.7 Å². The molecule has 0 radical (unpaired) electrons. The van der Waals surface area contributed by atoms with Crippen LogP contribution in [0, 0.1) is 0 Å². The fourth-order valence-corrected chi connectivity index (χ4v) is 2.66. The molecule has 1 N–H and O–H groups in total. The maximum absolute atomic E-state index is 3.31. The van der Waals surface area contributed by atoms with Gasteiger partial charge in [-0.15, -0.1) is 0 Å². The molecule has 18 heavy (non-hydrogen) atoms. The van der Waals surface area contributed by atoms with Crippen molar-refractivity contribution in [1.29, 1.82) is 0 Å². The first-order chi connectivity index (χ1) is 8.90. The van der Waals surface area contributed by atoms with Gasteiger partial charge in [-0.05, 0) is 32.0 Å². The van der Waals surface area contributed by atoms with Gasteiger partial charge in [-0.1, -0.05) is 48.9 Å². The van der Waals surface area contributed by atoms with Crippen molar-refractivity contribution in [3.05, 3.63) is 42.0 Å². The molecule has 0 bridgehead atoms. The number of nitrogens with one attached hydrogen (secondary N) is 1. The van der Waals surface area contributed by atoms with Crippen LogP contribution >= 0.6 is 0 Å². The largest absolute Gasteiger partial charge is 0.318 e. The van der Waals surface area contributed by atoms with Gasteiger partial charge in [0.2, 0.25) is 0 Å².